The van der Waals surface area contributed by atoms with E-state index in [2.05, 4.69) is 20.9 Å². The minimum Gasteiger partial charge on any atom is -0.487 e. The van der Waals surface area contributed by atoms with Gasteiger partial charge in [0.15, 0.2) is 0 Å². The van der Waals surface area contributed by atoms with E-state index >= 15 is 0 Å². The molecule has 0 amide bonds. The monoisotopic (exact) mass is 306 g/mol. The zero-order valence-corrected chi connectivity index (χ0v) is 11.6. The van der Waals surface area contributed by atoms with E-state index in [1.165, 1.54) is 0 Å². The Morgan fingerprint density at radius 1 is 1.17 bits per heavy atom. The van der Waals surface area contributed by atoms with Gasteiger partial charge in [-0.15, -0.1) is 0 Å². The fourth-order valence-corrected chi connectivity index (χ4v) is 1.88. The summed E-state index contributed by atoms with van der Waals surface area (Å²) in [6.07, 6.45) is 2.59. The molecular formula is C14H15BrN2O. The van der Waals surface area contributed by atoms with Crippen LogP contribution in [-0.2, 0) is 13.0 Å². The maximum atomic E-state index is 5.78. The van der Waals surface area contributed by atoms with Gasteiger partial charge in [0.25, 0.3) is 0 Å². The molecule has 0 atom stereocenters. The van der Waals surface area contributed by atoms with E-state index in [1.807, 2.05) is 36.4 Å². The van der Waals surface area contributed by atoms with Crippen LogP contribution in [0.4, 0.5) is 0 Å². The van der Waals surface area contributed by atoms with E-state index < -0.39 is 0 Å². The molecule has 0 saturated heterocycles. The zero-order chi connectivity index (χ0) is 12.8. The minimum atomic E-state index is 0.467. The number of hydrogen-bond acceptors (Lipinski definition) is 3. The molecule has 0 aliphatic heterocycles. The SMILES string of the molecule is NCCc1ccccc1OCc1ccc(Br)cn1. The molecular weight excluding hydrogens is 292 g/mol. The summed E-state index contributed by atoms with van der Waals surface area (Å²) < 4.78 is 6.75. The number of halogens is 1. The van der Waals surface area contributed by atoms with E-state index in [-0.39, 0.29) is 0 Å². The molecule has 1 heterocycles. The van der Waals surface area contributed by atoms with Gasteiger partial charge in [0.2, 0.25) is 0 Å². The van der Waals surface area contributed by atoms with Gasteiger partial charge in [-0.2, -0.15) is 0 Å². The molecule has 2 N–H and O–H groups in total. The molecule has 1 aromatic heterocycles. The van der Waals surface area contributed by atoms with Crippen molar-refractivity contribution >= 4 is 15.9 Å². The van der Waals surface area contributed by atoms with Crippen molar-refractivity contribution < 1.29 is 4.74 Å². The van der Waals surface area contributed by atoms with Crippen LogP contribution in [0.25, 0.3) is 0 Å². The first-order valence-corrected chi connectivity index (χ1v) is 6.60. The molecule has 0 saturated carbocycles. The molecule has 94 valence electrons. The second-order valence-corrected chi connectivity index (χ2v) is 4.82. The van der Waals surface area contributed by atoms with Crippen LogP contribution in [0.3, 0.4) is 0 Å². The summed E-state index contributed by atoms with van der Waals surface area (Å²) in [5, 5.41) is 0. The van der Waals surface area contributed by atoms with Crippen molar-refractivity contribution in [3.05, 3.63) is 58.3 Å². The molecule has 0 unspecified atom stereocenters. The van der Waals surface area contributed by atoms with Crippen LogP contribution in [0.15, 0.2) is 47.1 Å². The second kappa shape index (κ2) is 6.52. The number of aromatic nitrogens is 1. The molecule has 0 radical (unpaired) electrons. The maximum Gasteiger partial charge on any atom is 0.130 e. The zero-order valence-electron chi connectivity index (χ0n) is 9.97. The number of hydrogen-bond donors (Lipinski definition) is 1. The van der Waals surface area contributed by atoms with Gasteiger partial charge in [0.1, 0.15) is 12.4 Å². The van der Waals surface area contributed by atoms with Gasteiger partial charge < -0.3 is 10.5 Å². The first-order chi connectivity index (χ1) is 8.79. The van der Waals surface area contributed by atoms with E-state index in [1.54, 1.807) is 6.20 Å². The first kappa shape index (κ1) is 13.1. The van der Waals surface area contributed by atoms with Crippen molar-refractivity contribution in [2.24, 2.45) is 5.73 Å². The van der Waals surface area contributed by atoms with Crippen LogP contribution >= 0.6 is 15.9 Å². The highest BCUT2D eigenvalue weighted by Gasteiger charge is 2.03. The van der Waals surface area contributed by atoms with Gasteiger partial charge in [-0.05, 0) is 52.7 Å². The summed E-state index contributed by atoms with van der Waals surface area (Å²) in [4.78, 5) is 4.27. The quantitative estimate of drug-likeness (QED) is 0.924. The Balaban J connectivity index is 2.03. The third-order valence-corrected chi connectivity index (χ3v) is 3.02. The highest BCUT2D eigenvalue weighted by atomic mass is 79.9. The number of ether oxygens (including phenoxy) is 1. The van der Waals surface area contributed by atoms with E-state index in [9.17, 15) is 0 Å². The Bertz CT molecular complexity index is 499. The predicted octanol–water partition coefficient (Wildman–Crippen LogP) is 2.92. The highest BCUT2D eigenvalue weighted by molar-refractivity contribution is 9.10. The summed E-state index contributed by atoms with van der Waals surface area (Å²) in [6.45, 7) is 1.09. The molecule has 0 aliphatic carbocycles. The van der Waals surface area contributed by atoms with Gasteiger partial charge >= 0.3 is 0 Å². The van der Waals surface area contributed by atoms with Crippen LogP contribution < -0.4 is 10.5 Å². The number of rotatable bonds is 5. The molecule has 4 heteroatoms. The van der Waals surface area contributed by atoms with Crippen molar-refractivity contribution in [2.45, 2.75) is 13.0 Å². The van der Waals surface area contributed by atoms with E-state index in [0.717, 1.165) is 27.9 Å². The molecule has 18 heavy (non-hydrogen) atoms. The van der Waals surface area contributed by atoms with Gasteiger partial charge in [-0.3, -0.25) is 4.98 Å². The molecule has 2 aromatic rings. The van der Waals surface area contributed by atoms with Crippen molar-refractivity contribution in [3.8, 4) is 5.75 Å². The van der Waals surface area contributed by atoms with Crippen LogP contribution in [0.5, 0.6) is 5.75 Å². The minimum absolute atomic E-state index is 0.467. The van der Waals surface area contributed by atoms with Crippen molar-refractivity contribution in [1.29, 1.82) is 0 Å². The average molecular weight is 307 g/mol. The lowest BCUT2D eigenvalue weighted by molar-refractivity contribution is 0.298. The first-order valence-electron chi connectivity index (χ1n) is 5.81. The Kier molecular flexibility index (Phi) is 4.73. The smallest absolute Gasteiger partial charge is 0.130 e. The number of nitrogens with zero attached hydrogens (tertiary/aromatic N) is 1. The largest absolute Gasteiger partial charge is 0.487 e. The average Bonchev–Trinajstić information content (AvgIpc) is 2.40. The Labute approximate surface area is 115 Å². The fourth-order valence-electron chi connectivity index (χ4n) is 1.65. The summed E-state index contributed by atoms with van der Waals surface area (Å²) in [5.41, 5.74) is 7.62. The van der Waals surface area contributed by atoms with Crippen LogP contribution in [-0.4, -0.2) is 11.5 Å². The molecule has 0 fully saturated rings. The number of benzene rings is 1. The van der Waals surface area contributed by atoms with E-state index in [0.29, 0.717) is 13.2 Å². The van der Waals surface area contributed by atoms with Crippen molar-refractivity contribution in [2.75, 3.05) is 6.54 Å². The molecule has 0 aliphatic rings. The Morgan fingerprint density at radius 3 is 2.72 bits per heavy atom. The number of pyridine rings is 1. The van der Waals surface area contributed by atoms with Crippen molar-refractivity contribution in [1.82, 2.24) is 4.98 Å². The molecule has 0 bridgehead atoms. The van der Waals surface area contributed by atoms with Gasteiger partial charge in [0.05, 0.1) is 5.69 Å². The standard InChI is InChI=1S/C14H15BrN2O/c15-12-5-6-13(17-9-12)10-18-14-4-2-1-3-11(14)7-8-16/h1-6,9H,7-8,10,16H2. The lowest BCUT2D eigenvalue weighted by Gasteiger charge is -2.10. The Hall–Kier alpha value is -1.39. The normalized spacial score (nSPS) is 10.3. The van der Waals surface area contributed by atoms with Crippen molar-refractivity contribution in [3.63, 3.8) is 0 Å². The third kappa shape index (κ3) is 3.55. The molecule has 0 spiro atoms. The van der Waals surface area contributed by atoms with Crippen LogP contribution in [0, 0.1) is 0 Å². The lowest BCUT2D eigenvalue weighted by Crippen LogP contribution is -2.05. The summed E-state index contributed by atoms with van der Waals surface area (Å²) >= 11 is 3.36. The number of para-hydroxylation sites is 1. The van der Waals surface area contributed by atoms with Gasteiger partial charge in [0, 0.05) is 10.7 Å². The highest BCUT2D eigenvalue weighted by Crippen LogP contribution is 2.19. The van der Waals surface area contributed by atoms with Crippen LogP contribution in [0.2, 0.25) is 0 Å². The fraction of sp³-hybridized carbons (Fsp3) is 0.214. The Morgan fingerprint density at radius 2 is 2.00 bits per heavy atom. The summed E-state index contributed by atoms with van der Waals surface area (Å²) in [5.74, 6) is 0.882. The van der Waals surface area contributed by atoms with Gasteiger partial charge in [-0.1, -0.05) is 18.2 Å². The summed E-state index contributed by atoms with van der Waals surface area (Å²) in [7, 11) is 0. The predicted molar refractivity (Wildman–Crippen MR) is 75.5 cm³/mol. The van der Waals surface area contributed by atoms with Crippen LogP contribution in [0.1, 0.15) is 11.3 Å². The molecule has 3 nitrogen and oxygen atoms in total. The lowest BCUT2D eigenvalue weighted by atomic mass is 10.1. The topological polar surface area (TPSA) is 48.1 Å². The summed E-state index contributed by atoms with van der Waals surface area (Å²) in [6, 6.07) is 11.9. The number of nitrogens with two attached hydrogens (primary N) is 1. The molecule has 1 aromatic carbocycles. The maximum absolute atomic E-state index is 5.78. The second-order valence-electron chi connectivity index (χ2n) is 3.90. The third-order valence-electron chi connectivity index (χ3n) is 2.55. The van der Waals surface area contributed by atoms with Gasteiger partial charge in [-0.25, -0.2) is 0 Å². The molecule has 2 rings (SSSR count). The van der Waals surface area contributed by atoms with E-state index in [4.69, 9.17) is 10.5 Å².